The van der Waals surface area contributed by atoms with E-state index in [1.54, 1.807) is 0 Å². The Morgan fingerprint density at radius 2 is 1.49 bits per heavy atom. The molecule has 0 aliphatic heterocycles. The van der Waals surface area contributed by atoms with Crippen molar-refractivity contribution in [3.63, 3.8) is 0 Å². The standard InChI is InChI=1S/C33H49FN2O3/c1-3-5-7-8-9-10-11-13-27-23-35-31(36-24-27)28-16-20-30(21-17-28)39-25-26-14-18-29(19-15-26)33(34,32(37)38)22-12-6-4-2/h16-17,20-21,23-24,26,29H,3-15,18-19,22,25H2,1-2H3,(H,37,38)/t26?,29?,33-/m0/s1. The maximum absolute atomic E-state index is 15.4. The lowest BCUT2D eigenvalue weighted by Crippen LogP contribution is -2.43. The molecular weight excluding hydrogens is 491 g/mol. The first-order chi connectivity index (χ1) is 19.0. The summed E-state index contributed by atoms with van der Waals surface area (Å²) in [7, 11) is 0. The third kappa shape index (κ3) is 9.88. The summed E-state index contributed by atoms with van der Waals surface area (Å²) in [6, 6.07) is 7.86. The van der Waals surface area contributed by atoms with Crippen LogP contribution in [0.2, 0.25) is 0 Å². The van der Waals surface area contributed by atoms with E-state index in [9.17, 15) is 9.90 Å². The molecule has 6 heteroatoms. The number of benzene rings is 1. The lowest BCUT2D eigenvalue weighted by atomic mass is 9.72. The maximum Gasteiger partial charge on any atom is 0.341 e. The van der Waals surface area contributed by atoms with Crippen LogP contribution in [-0.2, 0) is 11.2 Å². The largest absolute Gasteiger partial charge is 0.493 e. The molecule has 5 nitrogen and oxygen atoms in total. The van der Waals surface area contributed by atoms with Crippen LogP contribution in [0.25, 0.3) is 11.4 Å². The lowest BCUT2D eigenvalue weighted by Gasteiger charge is -2.36. The second-order valence-corrected chi connectivity index (χ2v) is 11.5. The third-order valence-corrected chi connectivity index (χ3v) is 8.37. The molecule has 1 aromatic carbocycles. The topological polar surface area (TPSA) is 72.3 Å². The molecule has 3 rings (SSSR count). The number of aryl methyl sites for hydroxylation is 1. The number of aliphatic carboxylic acids is 1. The number of carbonyl (C=O) groups is 1. The first-order valence-corrected chi connectivity index (χ1v) is 15.4. The second kappa shape index (κ2) is 16.6. The smallest absolute Gasteiger partial charge is 0.341 e. The predicted octanol–water partition coefficient (Wildman–Crippen LogP) is 9.00. The Morgan fingerprint density at radius 3 is 2.10 bits per heavy atom. The fraction of sp³-hybridized carbons (Fsp3) is 0.667. The van der Waals surface area contributed by atoms with Gasteiger partial charge in [0.05, 0.1) is 6.61 Å². The Bertz CT molecular complexity index is 958. The van der Waals surface area contributed by atoms with Gasteiger partial charge in [0, 0.05) is 23.9 Å². The van der Waals surface area contributed by atoms with Crippen molar-refractivity contribution >= 4 is 5.97 Å². The number of hydrogen-bond acceptors (Lipinski definition) is 4. The molecule has 1 aliphatic rings. The van der Waals surface area contributed by atoms with Gasteiger partial charge in [-0.1, -0.05) is 65.2 Å². The van der Waals surface area contributed by atoms with Crippen LogP contribution in [-0.4, -0.2) is 33.3 Å². The molecule has 1 atom stereocenters. The van der Waals surface area contributed by atoms with Crippen molar-refractivity contribution in [1.29, 1.82) is 0 Å². The van der Waals surface area contributed by atoms with E-state index in [-0.39, 0.29) is 6.42 Å². The van der Waals surface area contributed by atoms with E-state index >= 15 is 4.39 Å². The summed E-state index contributed by atoms with van der Waals surface area (Å²) in [5.74, 6) is 0.146. The summed E-state index contributed by atoms with van der Waals surface area (Å²) in [6.45, 7) is 4.86. The highest BCUT2D eigenvalue weighted by Crippen LogP contribution is 2.41. The molecule has 2 aromatic rings. The van der Waals surface area contributed by atoms with Crippen molar-refractivity contribution in [3.8, 4) is 17.1 Å². The molecule has 0 radical (unpaired) electrons. The van der Waals surface area contributed by atoms with Gasteiger partial charge in [0.25, 0.3) is 0 Å². The highest BCUT2D eigenvalue weighted by Gasteiger charge is 2.47. The van der Waals surface area contributed by atoms with Gasteiger partial charge in [-0.05, 0) is 87.1 Å². The summed E-state index contributed by atoms with van der Waals surface area (Å²) < 4.78 is 21.4. The highest BCUT2D eigenvalue weighted by atomic mass is 19.1. The SMILES string of the molecule is CCCCCCCCCc1cnc(-c2ccc(OCC3CCC([C@@](F)(CCCCC)C(=O)O)CC3)cc2)nc1. The average molecular weight is 541 g/mol. The molecule has 1 saturated carbocycles. The molecule has 0 saturated heterocycles. The Kier molecular flexibility index (Phi) is 13.2. The quantitative estimate of drug-likeness (QED) is 0.191. The fourth-order valence-corrected chi connectivity index (χ4v) is 5.74. The number of ether oxygens (including phenoxy) is 1. The van der Waals surface area contributed by atoms with E-state index in [0.29, 0.717) is 31.8 Å². The lowest BCUT2D eigenvalue weighted by molar-refractivity contribution is -0.157. The number of carboxylic acid groups (broad SMARTS) is 1. The number of aromatic nitrogens is 2. The minimum absolute atomic E-state index is 0.125. The van der Waals surface area contributed by atoms with Crippen molar-refractivity contribution in [2.75, 3.05) is 6.61 Å². The molecule has 0 spiro atoms. The van der Waals surface area contributed by atoms with Crippen LogP contribution < -0.4 is 4.74 Å². The molecule has 0 amide bonds. The predicted molar refractivity (Wildman–Crippen MR) is 156 cm³/mol. The molecule has 1 heterocycles. The summed E-state index contributed by atoms with van der Waals surface area (Å²) >= 11 is 0. The van der Waals surface area contributed by atoms with Gasteiger partial charge in [-0.3, -0.25) is 0 Å². The van der Waals surface area contributed by atoms with Crippen LogP contribution in [0.4, 0.5) is 4.39 Å². The molecule has 1 N–H and O–H groups in total. The van der Waals surface area contributed by atoms with Crippen molar-refractivity contribution in [2.45, 2.75) is 122 Å². The minimum Gasteiger partial charge on any atom is -0.493 e. The van der Waals surface area contributed by atoms with Crippen LogP contribution in [0.3, 0.4) is 0 Å². The number of halogens is 1. The summed E-state index contributed by atoms with van der Waals surface area (Å²) in [4.78, 5) is 20.9. The van der Waals surface area contributed by atoms with E-state index in [0.717, 1.165) is 49.2 Å². The van der Waals surface area contributed by atoms with Gasteiger partial charge in [-0.2, -0.15) is 0 Å². The fourth-order valence-electron chi connectivity index (χ4n) is 5.74. The zero-order valence-corrected chi connectivity index (χ0v) is 24.2. The zero-order chi connectivity index (χ0) is 27.9. The number of hydrogen-bond donors (Lipinski definition) is 1. The van der Waals surface area contributed by atoms with Gasteiger partial charge in [-0.15, -0.1) is 0 Å². The Balaban J connectivity index is 1.39. The van der Waals surface area contributed by atoms with Crippen LogP contribution >= 0.6 is 0 Å². The number of carboxylic acids is 1. The molecule has 0 unspecified atom stereocenters. The number of alkyl halides is 1. The number of nitrogens with zero attached hydrogens (tertiary/aromatic N) is 2. The van der Waals surface area contributed by atoms with Crippen LogP contribution in [0.15, 0.2) is 36.7 Å². The first-order valence-electron chi connectivity index (χ1n) is 15.4. The monoisotopic (exact) mass is 540 g/mol. The summed E-state index contributed by atoms with van der Waals surface area (Å²) in [6.07, 6.45) is 19.4. The Morgan fingerprint density at radius 1 is 0.897 bits per heavy atom. The van der Waals surface area contributed by atoms with E-state index in [1.165, 1.54) is 50.5 Å². The van der Waals surface area contributed by atoms with Crippen molar-refractivity contribution in [2.24, 2.45) is 11.8 Å². The van der Waals surface area contributed by atoms with Gasteiger partial charge >= 0.3 is 5.97 Å². The van der Waals surface area contributed by atoms with Crippen molar-refractivity contribution in [1.82, 2.24) is 9.97 Å². The van der Waals surface area contributed by atoms with Crippen LogP contribution in [0.1, 0.15) is 116 Å². The van der Waals surface area contributed by atoms with Gasteiger partial charge in [0.15, 0.2) is 5.82 Å². The molecule has 0 bridgehead atoms. The Labute approximate surface area is 235 Å². The zero-order valence-electron chi connectivity index (χ0n) is 24.2. The van der Waals surface area contributed by atoms with E-state index in [2.05, 4.69) is 16.9 Å². The number of rotatable bonds is 18. The van der Waals surface area contributed by atoms with Crippen LogP contribution in [0, 0.1) is 11.8 Å². The summed E-state index contributed by atoms with van der Waals surface area (Å²) in [5.41, 5.74) is 0.0583. The van der Waals surface area contributed by atoms with Gasteiger partial charge < -0.3 is 9.84 Å². The minimum atomic E-state index is -2.09. The summed E-state index contributed by atoms with van der Waals surface area (Å²) in [5, 5.41) is 9.59. The van der Waals surface area contributed by atoms with E-state index in [4.69, 9.17) is 4.74 Å². The molecule has 1 aliphatic carbocycles. The van der Waals surface area contributed by atoms with Crippen molar-refractivity contribution < 1.29 is 19.0 Å². The normalized spacial score (nSPS) is 18.9. The molecule has 1 fully saturated rings. The molecule has 1 aromatic heterocycles. The molecule has 216 valence electrons. The third-order valence-electron chi connectivity index (χ3n) is 8.37. The van der Waals surface area contributed by atoms with Gasteiger partial charge in [0.2, 0.25) is 5.67 Å². The molecular formula is C33H49FN2O3. The second-order valence-electron chi connectivity index (χ2n) is 11.5. The molecule has 39 heavy (non-hydrogen) atoms. The maximum atomic E-state index is 15.4. The van der Waals surface area contributed by atoms with Crippen LogP contribution in [0.5, 0.6) is 5.75 Å². The first kappa shape index (κ1) is 31.0. The average Bonchev–Trinajstić information content (AvgIpc) is 2.96. The van der Waals surface area contributed by atoms with E-state index in [1.807, 2.05) is 43.6 Å². The Hall–Kier alpha value is -2.50. The highest BCUT2D eigenvalue weighted by molar-refractivity contribution is 5.77. The van der Waals surface area contributed by atoms with Gasteiger partial charge in [0.1, 0.15) is 5.75 Å². The van der Waals surface area contributed by atoms with Gasteiger partial charge in [-0.25, -0.2) is 19.2 Å². The van der Waals surface area contributed by atoms with Crippen molar-refractivity contribution in [3.05, 3.63) is 42.2 Å². The number of unbranched alkanes of at least 4 members (excludes halogenated alkanes) is 8. The van der Waals surface area contributed by atoms with E-state index < -0.39 is 17.6 Å².